The zero-order valence-electron chi connectivity index (χ0n) is 16.7. The van der Waals surface area contributed by atoms with Gasteiger partial charge >= 0.3 is 6.18 Å². The standard InChI is InChI=1S/C23H16Cl2F3NO3S/c24-19-10-11-20(25)21(14-19)33(31,32)29-15-17-6-8-18(9-7-17)22(30,23(26,27)28)13-12-16-4-2-1-3-5-16/h1-11,14,29-30H,15H2. The van der Waals surface area contributed by atoms with Crippen LogP contribution < -0.4 is 4.72 Å². The minimum Gasteiger partial charge on any atom is -0.366 e. The van der Waals surface area contributed by atoms with E-state index in [1.54, 1.807) is 18.2 Å². The summed E-state index contributed by atoms with van der Waals surface area (Å²) in [5.41, 5.74) is -3.25. The first-order valence-corrected chi connectivity index (χ1v) is 11.6. The van der Waals surface area contributed by atoms with Gasteiger partial charge in [0.05, 0.1) is 5.02 Å². The SMILES string of the molecule is O=S(=O)(NCc1ccc(C(O)(C#Cc2ccccc2)C(F)(F)F)cc1)c1cc(Cl)ccc1Cl. The number of sulfonamides is 1. The van der Waals surface area contributed by atoms with Crippen molar-refractivity contribution in [3.63, 3.8) is 0 Å². The van der Waals surface area contributed by atoms with Crippen LogP contribution in [0.15, 0.2) is 77.7 Å². The Kier molecular flexibility index (Phi) is 7.42. The topological polar surface area (TPSA) is 66.4 Å². The van der Waals surface area contributed by atoms with Gasteiger partial charge < -0.3 is 5.11 Å². The van der Waals surface area contributed by atoms with Gasteiger partial charge in [-0.3, -0.25) is 0 Å². The molecule has 2 N–H and O–H groups in total. The van der Waals surface area contributed by atoms with Gasteiger partial charge in [0.2, 0.25) is 15.6 Å². The van der Waals surface area contributed by atoms with Crippen LogP contribution in [0.25, 0.3) is 0 Å². The summed E-state index contributed by atoms with van der Waals surface area (Å²) >= 11 is 11.7. The van der Waals surface area contributed by atoms with E-state index in [2.05, 4.69) is 10.6 Å². The molecule has 0 saturated heterocycles. The predicted octanol–water partition coefficient (Wildman–Crippen LogP) is 5.27. The highest BCUT2D eigenvalue weighted by Gasteiger charge is 2.54. The van der Waals surface area contributed by atoms with E-state index in [4.69, 9.17) is 23.2 Å². The van der Waals surface area contributed by atoms with Crippen molar-refractivity contribution in [2.45, 2.75) is 23.2 Å². The summed E-state index contributed by atoms with van der Waals surface area (Å²) in [6.07, 6.45) is -5.07. The van der Waals surface area contributed by atoms with E-state index in [0.29, 0.717) is 11.1 Å². The summed E-state index contributed by atoms with van der Waals surface area (Å²) in [6, 6.07) is 16.5. The number of aliphatic hydroxyl groups is 1. The van der Waals surface area contributed by atoms with Crippen LogP contribution in [0.2, 0.25) is 10.0 Å². The largest absolute Gasteiger partial charge is 0.433 e. The minimum absolute atomic E-state index is 0.0329. The smallest absolute Gasteiger partial charge is 0.366 e. The number of rotatable bonds is 5. The van der Waals surface area contributed by atoms with E-state index in [1.165, 1.54) is 42.5 Å². The van der Waals surface area contributed by atoms with Crippen LogP contribution in [0.3, 0.4) is 0 Å². The minimum atomic E-state index is -5.07. The third kappa shape index (κ3) is 5.88. The number of hydrogen-bond acceptors (Lipinski definition) is 3. The summed E-state index contributed by atoms with van der Waals surface area (Å²) in [4.78, 5) is -0.226. The van der Waals surface area contributed by atoms with E-state index in [-0.39, 0.29) is 21.5 Å². The lowest BCUT2D eigenvalue weighted by Gasteiger charge is -2.25. The van der Waals surface area contributed by atoms with Gasteiger partial charge in [-0.25, -0.2) is 13.1 Å². The zero-order chi connectivity index (χ0) is 24.3. The molecule has 10 heteroatoms. The zero-order valence-corrected chi connectivity index (χ0v) is 19.0. The molecule has 0 heterocycles. The quantitative estimate of drug-likeness (QED) is 0.456. The number of benzene rings is 3. The second-order valence-corrected chi connectivity index (χ2v) is 9.50. The Hall–Kier alpha value is -2.54. The molecule has 0 bridgehead atoms. The van der Waals surface area contributed by atoms with Crippen LogP contribution in [-0.4, -0.2) is 19.7 Å². The monoisotopic (exact) mass is 513 g/mol. The molecule has 3 rings (SSSR count). The Balaban J connectivity index is 1.83. The first-order valence-electron chi connectivity index (χ1n) is 9.34. The summed E-state index contributed by atoms with van der Waals surface area (Å²) in [7, 11) is -4.03. The fourth-order valence-corrected chi connectivity index (χ4v) is 4.57. The molecule has 0 aliphatic carbocycles. The second kappa shape index (κ2) is 9.75. The molecular weight excluding hydrogens is 498 g/mol. The van der Waals surface area contributed by atoms with Gasteiger partial charge in [-0.2, -0.15) is 13.2 Å². The van der Waals surface area contributed by atoms with Crippen LogP contribution in [-0.2, 0) is 22.2 Å². The van der Waals surface area contributed by atoms with Crippen molar-refractivity contribution in [1.82, 2.24) is 4.72 Å². The van der Waals surface area contributed by atoms with Gasteiger partial charge in [0.25, 0.3) is 0 Å². The molecule has 1 atom stereocenters. The van der Waals surface area contributed by atoms with E-state index in [1.807, 2.05) is 5.92 Å². The fraction of sp³-hybridized carbons (Fsp3) is 0.130. The lowest BCUT2D eigenvalue weighted by Crippen LogP contribution is -2.41. The summed E-state index contributed by atoms with van der Waals surface area (Å²) in [5.74, 6) is 4.26. The Morgan fingerprint density at radius 1 is 0.939 bits per heavy atom. The average Bonchev–Trinajstić information content (AvgIpc) is 2.78. The number of halogens is 5. The first kappa shape index (κ1) is 25.1. The molecule has 33 heavy (non-hydrogen) atoms. The first-order chi connectivity index (χ1) is 15.4. The number of hydrogen-bond donors (Lipinski definition) is 2. The molecule has 0 aromatic heterocycles. The van der Waals surface area contributed by atoms with E-state index in [9.17, 15) is 26.7 Å². The van der Waals surface area contributed by atoms with Gasteiger partial charge in [0.1, 0.15) is 4.90 Å². The molecule has 0 fully saturated rings. The molecule has 1 unspecified atom stereocenters. The molecule has 0 amide bonds. The lowest BCUT2D eigenvalue weighted by atomic mass is 9.92. The number of alkyl halides is 3. The van der Waals surface area contributed by atoms with Crippen molar-refractivity contribution < 1.29 is 26.7 Å². The Morgan fingerprint density at radius 2 is 1.58 bits per heavy atom. The van der Waals surface area contributed by atoms with E-state index >= 15 is 0 Å². The Morgan fingerprint density at radius 3 is 2.18 bits per heavy atom. The third-order valence-electron chi connectivity index (χ3n) is 4.59. The maximum atomic E-state index is 13.7. The van der Waals surface area contributed by atoms with Gasteiger partial charge in [-0.15, -0.1) is 0 Å². The molecule has 0 spiro atoms. The van der Waals surface area contributed by atoms with E-state index < -0.39 is 27.4 Å². The molecule has 3 aromatic carbocycles. The lowest BCUT2D eigenvalue weighted by molar-refractivity contribution is -0.240. The number of nitrogens with one attached hydrogen (secondary N) is 1. The maximum Gasteiger partial charge on any atom is 0.433 e. The highest BCUT2D eigenvalue weighted by molar-refractivity contribution is 7.89. The third-order valence-corrected chi connectivity index (χ3v) is 6.71. The molecule has 0 aliphatic rings. The average molecular weight is 514 g/mol. The summed E-state index contributed by atoms with van der Waals surface area (Å²) < 4.78 is 68.4. The van der Waals surface area contributed by atoms with Crippen molar-refractivity contribution in [2.75, 3.05) is 0 Å². The van der Waals surface area contributed by atoms with Crippen LogP contribution in [0, 0.1) is 11.8 Å². The maximum absolute atomic E-state index is 13.7. The molecular formula is C23H16Cl2F3NO3S. The molecule has 3 aromatic rings. The van der Waals surface area contributed by atoms with Crippen molar-refractivity contribution in [3.05, 3.63) is 99.5 Å². The van der Waals surface area contributed by atoms with Crippen molar-refractivity contribution >= 4 is 33.2 Å². The highest BCUT2D eigenvalue weighted by Crippen LogP contribution is 2.38. The van der Waals surface area contributed by atoms with Crippen LogP contribution >= 0.6 is 23.2 Å². The van der Waals surface area contributed by atoms with Gasteiger partial charge in [-0.1, -0.05) is 71.6 Å². The van der Waals surface area contributed by atoms with Crippen molar-refractivity contribution in [3.8, 4) is 11.8 Å². The molecule has 172 valence electrons. The molecule has 0 saturated carbocycles. The Bertz CT molecular complexity index is 1300. The molecule has 0 aliphatic heterocycles. The fourth-order valence-electron chi connectivity index (χ4n) is 2.79. The predicted molar refractivity (Wildman–Crippen MR) is 120 cm³/mol. The summed E-state index contributed by atoms with van der Waals surface area (Å²) in [6.45, 7) is -0.231. The van der Waals surface area contributed by atoms with Crippen molar-refractivity contribution in [1.29, 1.82) is 0 Å². The normalized spacial score (nSPS) is 13.6. The van der Waals surface area contributed by atoms with E-state index in [0.717, 1.165) is 12.1 Å². The molecule has 4 nitrogen and oxygen atoms in total. The summed E-state index contributed by atoms with van der Waals surface area (Å²) in [5, 5.41) is 10.5. The van der Waals surface area contributed by atoms with Gasteiger partial charge in [0, 0.05) is 22.7 Å². The second-order valence-electron chi connectivity index (χ2n) is 6.92. The highest BCUT2D eigenvalue weighted by atomic mass is 35.5. The van der Waals surface area contributed by atoms with Crippen LogP contribution in [0.4, 0.5) is 13.2 Å². The van der Waals surface area contributed by atoms with Crippen LogP contribution in [0.5, 0.6) is 0 Å². The van der Waals surface area contributed by atoms with Crippen molar-refractivity contribution in [2.24, 2.45) is 0 Å². The Labute approximate surface area is 199 Å². The van der Waals surface area contributed by atoms with Gasteiger partial charge in [-0.05, 0) is 41.8 Å². The molecule has 0 radical (unpaired) electrons. The van der Waals surface area contributed by atoms with Gasteiger partial charge in [0.15, 0.2) is 0 Å². The van der Waals surface area contributed by atoms with Crippen LogP contribution in [0.1, 0.15) is 16.7 Å².